The molecule has 1 aromatic carbocycles. The molecule has 0 aliphatic heterocycles. The summed E-state index contributed by atoms with van der Waals surface area (Å²) < 4.78 is 1.75. The first-order valence-corrected chi connectivity index (χ1v) is 7.72. The zero-order valence-corrected chi connectivity index (χ0v) is 14.3. The van der Waals surface area contributed by atoms with Crippen LogP contribution in [0.3, 0.4) is 0 Å². The Kier molecular flexibility index (Phi) is 5.69. The minimum absolute atomic E-state index is 0.0485. The molecular weight excluding hydrogens is 412 g/mol. The number of amides is 1. The second-order valence-corrected chi connectivity index (χ2v) is 5.97. The van der Waals surface area contributed by atoms with E-state index in [0.717, 1.165) is 8.95 Å². The van der Waals surface area contributed by atoms with Crippen LogP contribution in [0.2, 0.25) is 0 Å². The van der Waals surface area contributed by atoms with Gasteiger partial charge in [0.15, 0.2) is 0 Å². The van der Waals surface area contributed by atoms with Gasteiger partial charge in [-0.2, -0.15) is 5.26 Å². The number of halogens is 2. The number of anilines is 2. The monoisotopic (exact) mass is 420 g/mol. The van der Waals surface area contributed by atoms with Crippen molar-refractivity contribution in [3.8, 4) is 6.07 Å². The maximum Gasteiger partial charge on any atom is 0.267 e. The Morgan fingerprint density at radius 1 is 1.14 bits per heavy atom. The minimum atomic E-state index is -0.491. The fourth-order valence-corrected chi connectivity index (χ4v) is 1.99. The summed E-state index contributed by atoms with van der Waals surface area (Å²) in [5, 5.41) is 14.5. The zero-order valence-electron chi connectivity index (χ0n) is 11.2. The fraction of sp³-hybridized carbons (Fsp3) is 0. The van der Waals surface area contributed by atoms with E-state index >= 15 is 0 Å². The van der Waals surface area contributed by atoms with Crippen molar-refractivity contribution in [2.24, 2.45) is 0 Å². The molecule has 0 aliphatic rings. The van der Waals surface area contributed by atoms with Gasteiger partial charge in [-0.15, -0.1) is 0 Å². The summed E-state index contributed by atoms with van der Waals surface area (Å²) in [5.74, 6) is 0.0434. The van der Waals surface area contributed by atoms with Crippen LogP contribution in [0.25, 0.3) is 0 Å². The van der Waals surface area contributed by atoms with Crippen LogP contribution in [0.4, 0.5) is 11.5 Å². The smallest absolute Gasteiger partial charge is 0.267 e. The lowest BCUT2D eigenvalue weighted by atomic mass is 10.2. The fourth-order valence-electron chi connectivity index (χ4n) is 1.49. The summed E-state index contributed by atoms with van der Waals surface area (Å²) >= 11 is 6.59. The van der Waals surface area contributed by atoms with Crippen LogP contribution < -0.4 is 10.6 Å². The third-order valence-electron chi connectivity index (χ3n) is 2.56. The Bertz CT molecular complexity index is 734. The second-order valence-electron chi connectivity index (χ2n) is 4.14. The molecule has 2 aromatic rings. The molecule has 22 heavy (non-hydrogen) atoms. The van der Waals surface area contributed by atoms with Crippen LogP contribution >= 0.6 is 31.9 Å². The van der Waals surface area contributed by atoms with Crippen molar-refractivity contribution >= 4 is 49.3 Å². The van der Waals surface area contributed by atoms with E-state index in [9.17, 15) is 4.79 Å². The molecule has 0 radical (unpaired) electrons. The zero-order chi connectivity index (χ0) is 15.9. The maximum absolute atomic E-state index is 12.0. The maximum atomic E-state index is 12.0. The highest BCUT2D eigenvalue weighted by molar-refractivity contribution is 9.10. The van der Waals surface area contributed by atoms with Crippen molar-refractivity contribution < 1.29 is 4.79 Å². The van der Waals surface area contributed by atoms with Gasteiger partial charge in [-0.1, -0.05) is 15.9 Å². The normalized spacial score (nSPS) is 10.7. The van der Waals surface area contributed by atoms with Gasteiger partial charge in [0.05, 0.1) is 0 Å². The molecule has 0 unspecified atom stereocenters. The van der Waals surface area contributed by atoms with Gasteiger partial charge >= 0.3 is 0 Å². The number of hydrogen-bond acceptors (Lipinski definition) is 4. The Morgan fingerprint density at radius 3 is 2.41 bits per heavy atom. The average Bonchev–Trinajstić information content (AvgIpc) is 2.52. The van der Waals surface area contributed by atoms with Gasteiger partial charge in [0, 0.05) is 27.0 Å². The van der Waals surface area contributed by atoms with Crippen LogP contribution in [0.1, 0.15) is 0 Å². The van der Waals surface area contributed by atoms with Gasteiger partial charge < -0.3 is 10.6 Å². The van der Waals surface area contributed by atoms with E-state index in [1.807, 2.05) is 6.07 Å². The third-order valence-corrected chi connectivity index (χ3v) is 3.56. The molecule has 0 spiro atoms. The van der Waals surface area contributed by atoms with E-state index in [1.165, 1.54) is 6.20 Å². The molecule has 7 heteroatoms. The number of nitriles is 1. The lowest BCUT2D eigenvalue weighted by molar-refractivity contribution is -0.112. The number of nitrogens with zero attached hydrogens (tertiary/aromatic N) is 2. The highest BCUT2D eigenvalue weighted by Crippen LogP contribution is 2.15. The lowest BCUT2D eigenvalue weighted by Gasteiger charge is -2.05. The quantitative estimate of drug-likeness (QED) is 0.576. The van der Waals surface area contributed by atoms with Crippen LogP contribution in [-0.4, -0.2) is 10.9 Å². The highest BCUT2D eigenvalue weighted by Gasteiger charge is 2.09. The van der Waals surface area contributed by atoms with Crippen LogP contribution in [0.5, 0.6) is 0 Å². The number of benzene rings is 1. The molecule has 1 heterocycles. The highest BCUT2D eigenvalue weighted by atomic mass is 79.9. The summed E-state index contributed by atoms with van der Waals surface area (Å²) in [6.45, 7) is 0. The number of rotatable bonds is 4. The van der Waals surface area contributed by atoms with E-state index < -0.39 is 5.91 Å². The predicted octanol–water partition coefficient (Wildman–Crippen LogP) is 4.06. The van der Waals surface area contributed by atoms with Crippen LogP contribution in [0.15, 0.2) is 63.3 Å². The van der Waals surface area contributed by atoms with Crippen LogP contribution in [-0.2, 0) is 4.79 Å². The van der Waals surface area contributed by atoms with E-state index in [4.69, 9.17) is 5.26 Å². The summed E-state index contributed by atoms with van der Waals surface area (Å²) in [4.78, 5) is 16.1. The summed E-state index contributed by atoms with van der Waals surface area (Å²) in [6.07, 6.45) is 2.94. The molecule has 5 nitrogen and oxygen atoms in total. The van der Waals surface area contributed by atoms with Gasteiger partial charge in [0.2, 0.25) is 0 Å². The second kappa shape index (κ2) is 7.73. The van der Waals surface area contributed by atoms with Gasteiger partial charge in [-0.3, -0.25) is 4.79 Å². The number of nitrogens with one attached hydrogen (secondary N) is 2. The number of aromatic nitrogens is 1. The standard InChI is InChI=1S/C15H10Br2N4O/c16-11-1-4-13(5-2-11)21-15(22)10(7-18)8-19-14-6-3-12(17)9-20-14/h1-6,8-9H,(H,19,20)(H,21,22)/b10-8-. The molecule has 1 aromatic heterocycles. The number of pyridine rings is 1. The lowest BCUT2D eigenvalue weighted by Crippen LogP contribution is -2.14. The van der Waals surface area contributed by atoms with Crippen molar-refractivity contribution in [3.63, 3.8) is 0 Å². The number of carbonyl (C=O) groups is 1. The van der Waals surface area contributed by atoms with Gasteiger partial charge in [-0.25, -0.2) is 4.98 Å². The Morgan fingerprint density at radius 2 is 1.82 bits per heavy atom. The Hall–Kier alpha value is -2.17. The summed E-state index contributed by atoms with van der Waals surface area (Å²) in [7, 11) is 0. The van der Waals surface area contributed by atoms with E-state index in [2.05, 4.69) is 47.5 Å². The van der Waals surface area contributed by atoms with E-state index in [1.54, 1.807) is 42.6 Å². The molecule has 0 bridgehead atoms. The number of carbonyl (C=O) groups excluding carboxylic acids is 1. The largest absolute Gasteiger partial charge is 0.345 e. The molecular formula is C15H10Br2N4O. The Labute approximate surface area is 144 Å². The topological polar surface area (TPSA) is 77.8 Å². The molecule has 0 atom stereocenters. The van der Waals surface area contributed by atoms with Crippen molar-refractivity contribution in [1.29, 1.82) is 5.26 Å². The molecule has 1 amide bonds. The number of hydrogen-bond donors (Lipinski definition) is 2. The van der Waals surface area contributed by atoms with Crippen molar-refractivity contribution in [3.05, 3.63) is 63.3 Å². The van der Waals surface area contributed by atoms with E-state index in [0.29, 0.717) is 11.5 Å². The average molecular weight is 422 g/mol. The molecule has 0 aliphatic carbocycles. The molecule has 0 saturated carbocycles. The third kappa shape index (κ3) is 4.69. The van der Waals surface area contributed by atoms with Gasteiger partial charge in [0.1, 0.15) is 17.5 Å². The summed E-state index contributed by atoms with van der Waals surface area (Å²) in [6, 6.07) is 12.5. The molecule has 0 saturated heterocycles. The SMILES string of the molecule is N#C/C(=C/Nc1ccc(Br)cn1)C(=O)Nc1ccc(Br)cc1. The Balaban J connectivity index is 2.05. The minimum Gasteiger partial charge on any atom is -0.345 e. The van der Waals surface area contributed by atoms with Gasteiger partial charge in [0.25, 0.3) is 5.91 Å². The first-order valence-electron chi connectivity index (χ1n) is 6.14. The summed E-state index contributed by atoms with van der Waals surface area (Å²) in [5.41, 5.74) is 0.559. The predicted molar refractivity (Wildman–Crippen MR) is 92.0 cm³/mol. The van der Waals surface area contributed by atoms with Crippen molar-refractivity contribution in [1.82, 2.24) is 4.98 Å². The molecule has 110 valence electrons. The first-order chi connectivity index (χ1) is 10.6. The van der Waals surface area contributed by atoms with Crippen molar-refractivity contribution in [2.75, 3.05) is 10.6 Å². The van der Waals surface area contributed by atoms with Gasteiger partial charge in [-0.05, 0) is 52.3 Å². The van der Waals surface area contributed by atoms with Crippen LogP contribution in [0, 0.1) is 11.3 Å². The van der Waals surface area contributed by atoms with Crippen molar-refractivity contribution in [2.45, 2.75) is 0 Å². The first kappa shape index (κ1) is 16.2. The molecule has 2 N–H and O–H groups in total. The molecule has 0 fully saturated rings. The molecule has 2 rings (SSSR count). The van der Waals surface area contributed by atoms with E-state index in [-0.39, 0.29) is 5.57 Å².